The number of carbonyl (C=O) groups is 1. The summed E-state index contributed by atoms with van der Waals surface area (Å²) >= 11 is 8.35. The van der Waals surface area contributed by atoms with Crippen molar-refractivity contribution in [3.05, 3.63) is 34.3 Å². The Bertz CT molecular complexity index is 405. The monoisotopic (exact) mass is 300 g/mol. The van der Waals surface area contributed by atoms with Crippen LogP contribution >= 0.6 is 28.1 Å². The lowest BCUT2D eigenvalue weighted by Gasteiger charge is -2.26. The van der Waals surface area contributed by atoms with Gasteiger partial charge < -0.3 is 10.6 Å². The van der Waals surface area contributed by atoms with Gasteiger partial charge in [0.15, 0.2) is 0 Å². The van der Waals surface area contributed by atoms with Crippen molar-refractivity contribution in [2.75, 3.05) is 7.05 Å². The molecule has 0 heterocycles. The van der Waals surface area contributed by atoms with Crippen LogP contribution in [0, 0.1) is 0 Å². The summed E-state index contributed by atoms with van der Waals surface area (Å²) < 4.78 is 0.975. The van der Waals surface area contributed by atoms with E-state index in [1.54, 1.807) is 7.05 Å². The highest BCUT2D eigenvalue weighted by Crippen LogP contribution is 2.22. The van der Waals surface area contributed by atoms with Crippen LogP contribution in [0.2, 0.25) is 0 Å². The van der Waals surface area contributed by atoms with Crippen molar-refractivity contribution in [3.63, 3.8) is 0 Å². The van der Waals surface area contributed by atoms with Crippen LogP contribution in [0.1, 0.15) is 18.5 Å². The van der Waals surface area contributed by atoms with Crippen molar-refractivity contribution in [2.24, 2.45) is 5.73 Å². The minimum atomic E-state index is -0.347. The summed E-state index contributed by atoms with van der Waals surface area (Å²) in [7, 11) is 1.69. The molecule has 1 rings (SSSR count). The molecule has 3 nitrogen and oxygen atoms in total. The van der Waals surface area contributed by atoms with E-state index in [4.69, 9.17) is 18.0 Å². The third kappa shape index (κ3) is 3.02. The number of halogens is 1. The van der Waals surface area contributed by atoms with Gasteiger partial charge in [0, 0.05) is 18.4 Å². The van der Waals surface area contributed by atoms with E-state index in [9.17, 15) is 4.79 Å². The third-order valence-electron chi connectivity index (χ3n) is 2.34. The number of thiocarbonyl (C=S) groups is 1. The maximum absolute atomic E-state index is 11.3. The molecule has 0 radical (unpaired) electrons. The molecule has 1 atom stereocenters. The molecule has 0 bridgehead atoms. The second kappa shape index (κ2) is 5.41. The van der Waals surface area contributed by atoms with Gasteiger partial charge in [0.05, 0.1) is 0 Å². The lowest BCUT2D eigenvalue weighted by molar-refractivity contribution is -0.128. The van der Waals surface area contributed by atoms with Gasteiger partial charge in [-0.25, -0.2) is 0 Å². The number of likely N-dealkylation sites (N-methyl/N-ethyl adjacent to an activating group) is 1. The van der Waals surface area contributed by atoms with Crippen molar-refractivity contribution in [1.82, 2.24) is 4.90 Å². The number of amides is 1. The molecule has 2 N–H and O–H groups in total. The first kappa shape index (κ1) is 13.1. The van der Waals surface area contributed by atoms with Crippen molar-refractivity contribution in [1.29, 1.82) is 0 Å². The number of carbonyl (C=O) groups excluding carboxylic acids is 1. The number of hydrogen-bond acceptors (Lipinski definition) is 2. The molecule has 0 saturated heterocycles. The molecule has 0 fully saturated rings. The zero-order valence-electron chi connectivity index (χ0n) is 9.11. The first-order valence-corrected chi connectivity index (χ1v) is 5.91. The van der Waals surface area contributed by atoms with E-state index >= 15 is 0 Å². The molecule has 0 aliphatic carbocycles. The Morgan fingerprint density at radius 3 is 2.31 bits per heavy atom. The van der Waals surface area contributed by atoms with Gasteiger partial charge in [0.2, 0.25) is 5.91 Å². The molecule has 1 unspecified atom stereocenters. The van der Waals surface area contributed by atoms with E-state index < -0.39 is 0 Å². The average Bonchev–Trinajstić information content (AvgIpc) is 2.20. The molecule has 0 aromatic heterocycles. The number of rotatable bonds is 3. The van der Waals surface area contributed by atoms with Crippen LogP contribution in [0.5, 0.6) is 0 Å². The molecular weight excluding hydrogens is 288 g/mol. The van der Waals surface area contributed by atoms with Crippen LogP contribution in [0.4, 0.5) is 0 Å². The molecule has 86 valence electrons. The molecule has 1 aromatic rings. The summed E-state index contributed by atoms with van der Waals surface area (Å²) in [5, 5.41) is 0. The number of nitrogens with zero attached hydrogens (tertiary/aromatic N) is 1. The summed E-state index contributed by atoms with van der Waals surface area (Å²) in [5.41, 5.74) is 6.58. The Labute approximate surface area is 109 Å². The van der Waals surface area contributed by atoms with Crippen LogP contribution in [0.15, 0.2) is 28.7 Å². The molecule has 16 heavy (non-hydrogen) atoms. The fourth-order valence-electron chi connectivity index (χ4n) is 1.41. The fraction of sp³-hybridized carbons (Fsp3) is 0.273. The van der Waals surface area contributed by atoms with Crippen molar-refractivity contribution < 1.29 is 4.79 Å². The highest BCUT2D eigenvalue weighted by molar-refractivity contribution is 9.10. The minimum Gasteiger partial charge on any atom is -0.391 e. The number of nitrogens with two attached hydrogens (primary N) is 1. The van der Waals surface area contributed by atoms with Gasteiger partial charge in [-0.1, -0.05) is 40.3 Å². The largest absolute Gasteiger partial charge is 0.391 e. The molecule has 1 aromatic carbocycles. The summed E-state index contributed by atoms with van der Waals surface area (Å²) in [6.45, 7) is 1.49. The number of benzene rings is 1. The minimum absolute atomic E-state index is 0.0688. The lowest BCUT2D eigenvalue weighted by atomic mass is 10.1. The van der Waals surface area contributed by atoms with E-state index in [1.165, 1.54) is 11.8 Å². The Hall–Kier alpha value is -0.940. The molecule has 1 amide bonds. The Morgan fingerprint density at radius 2 is 1.94 bits per heavy atom. The number of hydrogen-bond donors (Lipinski definition) is 1. The standard InChI is InChI=1S/C11H13BrN2OS/c1-7(15)14(2)10(11(13)16)8-3-5-9(12)6-4-8/h3-6,10H,1-2H3,(H2,13,16). The van der Waals surface area contributed by atoms with Gasteiger partial charge in [0.1, 0.15) is 11.0 Å². The highest BCUT2D eigenvalue weighted by atomic mass is 79.9. The van der Waals surface area contributed by atoms with Crippen LogP contribution < -0.4 is 5.73 Å². The second-order valence-corrected chi connectivity index (χ2v) is 4.87. The van der Waals surface area contributed by atoms with Gasteiger partial charge in [-0.15, -0.1) is 0 Å². The highest BCUT2D eigenvalue weighted by Gasteiger charge is 2.21. The van der Waals surface area contributed by atoms with E-state index in [1.807, 2.05) is 24.3 Å². The summed E-state index contributed by atoms with van der Waals surface area (Å²) in [4.78, 5) is 13.2. The first-order valence-electron chi connectivity index (χ1n) is 4.71. The van der Waals surface area contributed by atoms with E-state index in [0.717, 1.165) is 10.0 Å². The predicted octanol–water partition coefficient (Wildman–Crippen LogP) is 2.25. The zero-order chi connectivity index (χ0) is 12.3. The van der Waals surface area contributed by atoms with E-state index in [2.05, 4.69) is 15.9 Å². The van der Waals surface area contributed by atoms with Gasteiger partial charge in [0.25, 0.3) is 0 Å². The maximum Gasteiger partial charge on any atom is 0.220 e. The predicted molar refractivity (Wildman–Crippen MR) is 72.1 cm³/mol. The Balaban J connectivity index is 3.07. The fourth-order valence-corrected chi connectivity index (χ4v) is 1.96. The Kier molecular flexibility index (Phi) is 4.44. The van der Waals surface area contributed by atoms with E-state index in [-0.39, 0.29) is 11.9 Å². The third-order valence-corrected chi connectivity index (χ3v) is 3.09. The second-order valence-electron chi connectivity index (χ2n) is 3.49. The lowest BCUT2D eigenvalue weighted by Crippen LogP contribution is -2.36. The summed E-state index contributed by atoms with van der Waals surface area (Å²) in [6, 6.07) is 7.24. The van der Waals surface area contributed by atoms with Crippen molar-refractivity contribution >= 4 is 39.0 Å². The Morgan fingerprint density at radius 1 is 1.44 bits per heavy atom. The molecule has 0 spiro atoms. The molecule has 0 aliphatic rings. The van der Waals surface area contributed by atoms with Crippen LogP contribution in [0.3, 0.4) is 0 Å². The molecule has 5 heteroatoms. The normalized spacial score (nSPS) is 11.9. The zero-order valence-corrected chi connectivity index (χ0v) is 11.5. The molecule has 0 aliphatic heterocycles. The summed E-state index contributed by atoms with van der Waals surface area (Å²) in [5.74, 6) is -0.0688. The average molecular weight is 301 g/mol. The van der Waals surface area contributed by atoms with Gasteiger partial charge in [-0.2, -0.15) is 0 Å². The molecular formula is C11H13BrN2OS. The van der Waals surface area contributed by atoms with Gasteiger partial charge in [-0.05, 0) is 17.7 Å². The van der Waals surface area contributed by atoms with Crippen LogP contribution in [-0.4, -0.2) is 22.8 Å². The quantitative estimate of drug-likeness (QED) is 0.871. The molecule has 0 saturated carbocycles. The van der Waals surface area contributed by atoms with Crippen molar-refractivity contribution in [2.45, 2.75) is 13.0 Å². The SMILES string of the molecule is CC(=O)N(C)C(C(N)=S)c1ccc(Br)cc1. The van der Waals surface area contributed by atoms with Crippen LogP contribution in [-0.2, 0) is 4.79 Å². The van der Waals surface area contributed by atoms with Crippen LogP contribution in [0.25, 0.3) is 0 Å². The van der Waals surface area contributed by atoms with E-state index in [0.29, 0.717) is 4.99 Å². The maximum atomic E-state index is 11.3. The first-order chi connectivity index (χ1) is 7.43. The van der Waals surface area contributed by atoms with Gasteiger partial charge in [-0.3, -0.25) is 4.79 Å². The smallest absolute Gasteiger partial charge is 0.220 e. The van der Waals surface area contributed by atoms with Crippen molar-refractivity contribution in [3.8, 4) is 0 Å². The topological polar surface area (TPSA) is 46.3 Å². The van der Waals surface area contributed by atoms with Gasteiger partial charge >= 0.3 is 0 Å². The summed E-state index contributed by atoms with van der Waals surface area (Å²) in [6.07, 6.45) is 0.